The van der Waals surface area contributed by atoms with E-state index in [4.69, 9.17) is 0 Å². The molecule has 11 heteroatoms. The highest BCUT2D eigenvalue weighted by Gasteiger charge is 2.17. The Hall–Kier alpha value is -2.63. The molecule has 0 atom stereocenters. The summed E-state index contributed by atoms with van der Waals surface area (Å²) >= 11 is 1.53. The molecule has 3 rings (SSSR count). The number of nitrogens with zero attached hydrogens (tertiary/aromatic N) is 3. The Morgan fingerprint density at radius 1 is 1.10 bits per heavy atom. The van der Waals surface area contributed by atoms with E-state index in [-0.39, 0.29) is 30.1 Å². The fourth-order valence-electron chi connectivity index (χ4n) is 2.37. The highest BCUT2D eigenvalue weighted by molar-refractivity contribution is 7.89. The molecule has 0 saturated carbocycles. The Labute approximate surface area is 169 Å². The average Bonchev–Trinajstić information content (AvgIpc) is 3.12. The minimum atomic E-state index is -4.06. The highest BCUT2D eigenvalue weighted by Crippen LogP contribution is 2.15. The maximum atomic E-state index is 13.2. The van der Waals surface area contributed by atoms with E-state index in [2.05, 4.69) is 19.7 Å². The zero-order valence-corrected chi connectivity index (χ0v) is 16.9. The third kappa shape index (κ3) is 5.46. The van der Waals surface area contributed by atoms with Gasteiger partial charge in [0.2, 0.25) is 10.0 Å². The summed E-state index contributed by atoms with van der Waals surface area (Å²) in [5, 5.41) is 0.933. The number of sulfonamides is 1. The van der Waals surface area contributed by atoms with Crippen LogP contribution in [0.4, 0.5) is 8.78 Å². The first-order valence-corrected chi connectivity index (χ1v) is 10.7. The minimum absolute atomic E-state index is 0.179. The van der Waals surface area contributed by atoms with Crippen LogP contribution in [-0.4, -0.2) is 29.2 Å². The zero-order chi connectivity index (χ0) is 21.0. The third-order valence-electron chi connectivity index (χ3n) is 3.90. The van der Waals surface area contributed by atoms with E-state index in [1.165, 1.54) is 23.7 Å². The number of halogens is 2. The van der Waals surface area contributed by atoms with Gasteiger partial charge < -0.3 is 0 Å². The molecule has 1 aromatic carbocycles. The standard InChI is InChI=1S/C18H16F2N4O3S2/c1-11-21-9-13(28-11)2-5-18(25)17-10-22-12(7-23-17)8-24-29(26,27)14-3-4-15(19)16(20)6-14/h3-4,6-7,9-10,24H,2,5,8H2,1H3. The first-order valence-electron chi connectivity index (χ1n) is 8.45. The number of carbonyl (C=O) groups excluding carboxylic acids is 1. The van der Waals surface area contributed by atoms with Crippen molar-refractivity contribution in [2.45, 2.75) is 31.2 Å². The number of aromatic nitrogens is 3. The van der Waals surface area contributed by atoms with E-state index in [0.29, 0.717) is 12.5 Å². The summed E-state index contributed by atoms with van der Waals surface area (Å²) in [7, 11) is -4.06. The second-order valence-electron chi connectivity index (χ2n) is 6.06. The van der Waals surface area contributed by atoms with E-state index < -0.39 is 26.6 Å². The number of benzene rings is 1. The van der Waals surface area contributed by atoms with Crippen molar-refractivity contribution in [1.29, 1.82) is 0 Å². The van der Waals surface area contributed by atoms with Crippen LogP contribution in [0.1, 0.15) is 32.5 Å². The summed E-state index contributed by atoms with van der Waals surface area (Å²) in [4.78, 5) is 25.0. The van der Waals surface area contributed by atoms with E-state index in [1.807, 2.05) is 6.92 Å². The number of carbonyl (C=O) groups is 1. The number of Topliss-reactive ketones (excluding diaryl/α,β-unsaturated/α-hetero) is 1. The van der Waals surface area contributed by atoms with Gasteiger partial charge in [0, 0.05) is 17.5 Å². The predicted molar refractivity (Wildman–Crippen MR) is 102 cm³/mol. The Kier molecular flexibility index (Phi) is 6.40. The number of ketones is 1. The Morgan fingerprint density at radius 3 is 2.52 bits per heavy atom. The normalized spacial score (nSPS) is 11.6. The van der Waals surface area contributed by atoms with E-state index in [9.17, 15) is 22.0 Å². The van der Waals surface area contributed by atoms with Crippen LogP contribution < -0.4 is 4.72 Å². The van der Waals surface area contributed by atoms with Crippen molar-refractivity contribution in [3.8, 4) is 0 Å². The first-order chi connectivity index (χ1) is 13.7. The smallest absolute Gasteiger partial charge is 0.241 e. The average molecular weight is 438 g/mol. The Balaban J connectivity index is 1.58. The summed E-state index contributed by atoms with van der Waals surface area (Å²) in [6, 6.07) is 2.28. The molecule has 1 N–H and O–H groups in total. The summed E-state index contributed by atoms with van der Waals surface area (Å²) in [5.41, 5.74) is 0.448. The molecule has 0 fully saturated rings. The van der Waals surface area contributed by atoms with Crippen LogP contribution in [0.15, 0.2) is 41.7 Å². The molecule has 0 aliphatic carbocycles. The lowest BCUT2D eigenvalue weighted by Gasteiger charge is -2.07. The van der Waals surface area contributed by atoms with Gasteiger partial charge in [-0.05, 0) is 31.5 Å². The molecule has 0 bridgehead atoms. The minimum Gasteiger partial charge on any atom is -0.292 e. The van der Waals surface area contributed by atoms with Crippen molar-refractivity contribution in [1.82, 2.24) is 19.7 Å². The van der Waals surface area contributed by atoms with Crippen molar-refractivity contribution >= 4 is 27.1 Å². The molecule has 152 valence electrons. The van der Waals surface area contributed by atoms with Gasteiger partial charge in [-0.3, -0.25) is 9.78 Å². The second-order valence-corrected chi connectivity index (χ2v) is 9.15. The molecular formula is C18H16F2N4O3S2. The number of rotatable bonds is 8. The summed E-state index contributed by atoms with van der Waals surface area (Å²) in [6.07, 6.45) is 5.13. The molecule has 2 aromatic heterocycles. The number of hydrogen-bond donors (Lipinski definition) is 1. The van der Waals surface area contributed by atoms with Crippen LogP contribution in [0.5, 0.6) is 0 Å². The molecule has 29 heavy (non-hydrogen) atoms. The van der Waals surface area contributed by atoms with Crippen molar-refractivity contribution in [3.63, 3.8) is 0 Å². The molecule has 0 aliphatic heterocycles. The maximum absolute atomic E-state index is 13.2. The van der Waals surface area contributed by atoms with E-state index >= 15 is 0 Å². The molecule has 3 aromatic rings. The fraction of sp³-hybridized carbons (Fsp3) is 0.222. The van der Waals surface area contributed by atoms with Gasteiger partial charge in [0.1, 0.15) is 5.69 Å². The van der Waals surface area contributed by atoms with Gasteiger partial charge in [-0.15, -0.1) is 11.3 Å². The SMILES string of the molecule is Cc1ncc(CCC(=O)c2cnc(CNS(=O)(=O)c3ccc(F)c(F)c3)cn2)s1. The van der Waals surface area contributed by atoms with Crippen LogP contribution >= 0.6 is 11.3 Å². The van der Waals surface area contributed by atoms with Gasteiger partial charge in [-0.2, -0.15) is 0 Å². The lowest BCUT2D eigenvalue weighted by atomic mass is 10.1. The van der Waals surface area contributed by atoms with Gasteiger partial charge >= 0.3 is 0 Å². The van der Waals surface area contributed by atoms with Crippen LogP contribution in [0.25, 0.3) is 0 Å². The van der Waals surface area contributed by atoms with Gasteiger partial charge in [0.05, 0.1) is 34.5 Å². The molecule has 0 radical (unpaired) electrons. The fourth-order valence-corrected chi connectivity index (χ4v) is 4.18. The van der Waals surface area contributed by atoms with Crippen LogP contribution in [0.3, 0.4) is 0 Å². The molecular weight excluding hydrogens is 422 g/mol. The van der Waals surface area contributed by atoms with Crippen molar-refractivity contribution in [3.05, 3.63) is 69.7 Å². The van der Waals surface area contributed by atoms with Crippen molar-refractivity contribution in [2.75, 3.05) is 0 Å². The lowest BCUT2D eigenvalue weighted by Crippen LogP contribution is -2.24. The Bertz CT molecular complexity index is 1130. The summed E-state index contributed by atoms with van der Waals surface area (Å²) in [5.74, 6) is -2.58. The van der Waals surface area contributed by atoms with Crippen molar-refractivity contribution in [2.24, 2.45) is 0 Å². The highest BCUT2D eigenvalue weighted by atomic mass is 32.2. The summed E-state index contributed by atoms with van der Waals surface area (Å²) in [6.45, 7) is 1.67. The van der Waals surface area contributed by atoms with E-state index in [0.717, 1.165) is 22.0 Å². The van der Waals surface area contributed by atoms with Gasteiger partial charge in [0.15, 0.2) is 17.4 Å². The Morgan fingerprint density at radius 2 is 1.90 bits per heavy atom. The van der Waals surface area contributed by atoms with Crippen LogP contribution in [0, 0.1) is 18.6 Å². The second kappa shape index (κ2) is 8.80. The van der Waals surface area contributed by atoms with Gasteiger partial charge in [-0.25, -0.2) is 31.9 Å². The molecule has 0 spiro atoms. The van der Waals surface area contributed by atoms with Crippen LogP contribution in [-0.2, 0) is 23.0 Å². The number of aryl methyl sites for hydroxylation is 2. The van der Waals surface area contributed by atoms with Gasteiger partial charge in [0.25, 0.3) is 0 Å². The topological polar surface area (TPSA) is 102 Å². The maximum Gasteiger partial charge on any atom is 0.241 e. The third-order valence-corrected chi connectivity index (χ3v) is 6.27. The predicted octanol–water partition coefficient (Wildman–Crippen LogP) is 2.81. The zero-order valence-electron chi connectivity index (χ0n) is 15.2. The number of hydrogen-bond acceptors (Lipinski definition) is 7. The van der Waals surface area contributed by atoms with Crippen molar-refractivity contribution < 1.29 is 22.0 Å². The molecule has 7 nitrogen and oxygen atoms in total. The monoisotopic (exact) mass is 438 g/mol. The molecule has 0 saturated heterocycles. The lowest BCUT2D eigenvalue weighted by molar-refractivity contribution is 0.0978. The summed E-state index contributed by atoms with van der Waals surface area (Å²) < 4.78 is 52.7. The van der Waals surface area contributed by atoms with Crippen LogP contribution in [0.2, 0.25) is 0 Å². The molecule has 0 aliphatic rings. The largest absolute Gasteiger partial charge is 0.292 e. The molecule has 2 heterocycles. The quantitative estimate of drug-likeness (QED) is 0.543. The first kappa shape index (κ1) is 21.1. The molecule has 0 unspecified atom stereocenters. The molecule has 0 amide bonds. The van der Waals surface area contributed by atoms with E-state index in [1.54, 1.807) is 6.20 Å². The van der Waals surface area contributed by atoms with Gasteiger partial charge in [-0.1, -0.05) is 0 Å². The number of nitrogens with one attached hydrogen (secondary N) is 1. The number of thiazole rings is 1.